The maximum absolute atomic E-state index is 12.7. The molecule has 172 valence electrons. The van der Waals surface area contributed by atoms with Crippen molar-refractivity contribution in [1.29, 1.82) is 0 Å². The Morgan fingerprint density at radius 3 is 1.39 bits per heavy atom. The fourth-order valence-corrected chi connectivity index (χ4v) is 8.48. The molecule has 2 fully saturated rings. The zero-order valence-electron chi connectivity index (χ0n) is 17.6. The van der Waals surface area contributed by atoms with Crippen molar-refractivity contribution >= 4 is 40.3 Å². The second kappa shape index (κ2) is 12.9. The van der Waals surface area contributed by atoms with Gasteiger partial charge in [-0.2, -0.15) is 0 Å². The minimum absolute atomic E-state index is 0. The summed E-state index contributed by atoms with van der Waals surface area (Å²) < 4.78 is 121. The number of hydrogen-bond donors (Lipinski definition) is 2. The summed E-state index contributed by atoms with van der Waals surface area (Å²) in [4.78, 5) is 0. The molecular weight excluding hydrogens is 551 g/mol. The summed E-state index contributed by atoms with van der Waals surface area (Å²) in [5.41, 5.74) is 0. The van der Waals surface area contributed by atoms with Crippen LogP contribution in [0.2, 0.25) is 0 Å². The number of sulfonamides is 2. The molecule has 0 aliphatic heterocycles. The van der Waals surface area contributed by atoms with Crippen LogP contribution in [-0.4, -0.2) is 76.9 Å². The van der Waals surface area contributed by atoms with E-state index in [4.69, 9.17) is 0 Å². The van der Waals surface area contributed by atoms with Crippen molar-refractivity contribution < 1.29 is 146 Å². The van der Waals surface area contributed by atoms with E-state index >= 15 is 0 Å². The largest absolute Gasteiger partial charge is 1.00 e. The Kier molecular flexibility index (Phi) is 14.1. The molecule has 0 bridgehead atoms. The van der Waals surface area contributed by atoms with Crippen LogP contribution < -0.4 is 112 Å². The van der Waals surface area contributed by atoms with Gasteiger partial charge in [0.15, 0.2) is 0 Å². The van der Waals surface area contributed by atoms with Gasteiger partial charge in [-0.15, -0.1) is 0 Å². The Morgan fingerprint density at radius 1 is 0.613 bits per heavy atom. The van der Waals surface area contributed by atoms with Crippen molar-refractivity contribution in [2.24, 2.45) is 0 Å². The third-order valence-electron chi connectivity index (χ3n) is 5.26. The van der Waals surface area contributed by atoms with Crippen molar-refractivity contribution in [1.82, 2.24) is 9.44 Å². The first-order valence-electron chi connectivity index (χ1n) is 8.85. The molecular formula is C13H24K2N2O10S4. The summed E-state index contributed by atoms with van der Waals surface area (Å²) in [6.07, 6.45) is 0.351. The Bertz CT molecular complexity index is 982. The van der Waals surface area contributed by atoms with E-state index in [0.29, 0.717) is 0 Å². The Morgan fingerprint density at radius 2 is 1.03 bits per heavy atom. The first-order chi connectivity index (χ1) is 13.0. The average molecular weight is 575 g/mol. The minimum atomic E-state index is -4.91. The van der Waals surface area contributed by atoms with Crippen LogP contribution in [0.4, 0.5) is 0 Å². The smallest absolute Gasteiger partial charge is 0.748 e. The van der Waals surface area contributed by atoms with Gasteiger partial charge in [-0.3, -0.25) is 0 Å². The summed E-state index contributed by atoms with van der Waals surface area (Å²) in [5.74, 6) is 0. The second-order valence-electron chi connectivity index (χ2n) is 7.66. The fraction of sp³-hybridized carbons (Fsp3) is 1.00. The van der Waals surface area contributed by atoms with Crippen LogP contribution in [0, 0.1) is 0 Å². The topological polar surface area (TPSA) is 207 Å². The van der Waals surface area contributed by atoms with Crippen molar-refractivity contribution in [3.8, 4) is 0 Å². The maximum atomic E-state index is 12.7. The van der Waals surface area contributed by atoms with Gasteiger partial charge in [0.1, 0.15) is 0 Å². The van der Waals surface area contributed by atoms with E-state index in [1.807, 2.05) is 0 Å². The number of nitrogens with one attached hydrogen (secondary N) is 2. The molecule has 2 aliphatic carbocycles. The van der Waals surface area contributed by atoms with E-state index in [2.05, 4.69) is 9.44 Å². The van der Waals surface area contributed by atoms with Crippen LogP contribution in [0.3, 0.4) is 0 Å². The predicted molar refractivity (Wildman–Crippen MR) is 101 cm³/mol. The molecule has 0 aromatic heterocycles. The van der Waals surface area contributed by atoms with E-state index in [1.165, 1.54) is 0 Å². The van der Waals surface area contributed by atoms with E-state index in [1.54, 1.807) is 0 Å². The maximum Gasteiger partial charge on any atom is 1.00 e. The van der Waals surface area contributed by atoms with Crippen LogP contribution in [0.1, 0.15) is 44.9 Å². The molecule has 0 aromatic carbocycles. The molecule has 0 spiro atoms. The molecule has 0 saturated heterocycles. The molecule has 2 atom stereocenters. The molecule has 12 nitrogen and oxygen atoms in total. The zero-order valence-corrected chi connectivity index (χ0v) is 27.1. The first-order valence-corrected chi connectivity index (χ1v) is 15.2. The molecule has 2 aliphatic rings. The Balaban J connectivity index is 0.00000450. The summed E-state index contributed by atoms with van der Waals surface area (Å²) in [7, 11) is -17.3. The molecule has 0 amide bonds. The summed E-state index contributed by atoms with van der Waals surface area (Å²) in [6, 6.07) is -1.57. The van der Waals surface area contributed by atoms with E-state index in [0.717, 1.165) is 6.26 Å². The van der Waals surface area contributed by atoms with Crippen LogP contribution in [-0.2, 0) is 40.3 Å². The zero-order chi connectivity index (χ0) is 22.3. The first kappa shape index (κ1) is 33.9. The third kappa shape index (κ3) is 11.2. The van der Waals surface area contributed by atoms with Gasteiger partial charge in [-0.1, -0.05) is 0 Å². The monoisotopic (exact) mass is 574 g/mol. The van der Waals surface area contributed by atoms with E-state index < -0.39 is 87.4 Å². The van der Waals surface area contributed by atoms with Gasteiger partial charge in [0, 0.05) is 12.1 Å². The van der Waals surface area contributed by atoms with Crippen LogP contribution in [0.15, 0.2) is 0 Å². The van der Waals surface area contributed by atoms with Gasteiger partial charge in [0.25, 0.3) is 0 Å². The van der Waals surface area contributed by atoms with Crippen LogP contribution in [0.25, 0.3) is 0 Å². The van der Waals surface area contributed by atoms with Gasteiger partial charge < -0.3 is 9.11 Å². The predicted octanol–water partition coefficient (Wildman–Crippen LogP) is -7.85. The molecule has 18 heteroatoms. The molecule has 0 aromatic rings. The van der Waals surface area contributed by atoms with Crippen molar-refractivity contribution in [3.05, 3.63) is 0 Å². The molecule has 2 unspecified atom stereocenters. The average Bonchev–Trinajstić information content (AvgIpc) is 2.51. The summed E-state index contributed by atoms with van der Waals surface area (Å²) >= 11 is 0. The van der Waals surface area contributed by atoms with Crippen LogP contribution in [0.5, 0.6) is 0 Å². The van der Waals surface area contributed by atoms with Crippen molar-refractivity contribution in [2.75, 3.05) is 6.26 Å². The summed E-state index contributed by atoms with van der Waals surface area (Å²) in [5, 5.41) is -4.23. The molecule has 0 radical (unpaired) electrons. The standard InChI is InChI=1S/C13H26N2O10S4.2K/c1-26(16,17)14-9-2-4-11(5-3-9)27(18,19)15-10-6-12(28(20,21)22)8-13(7-10)29(23,24)25;;/h9-15H,2-8H2,1H3,(H,20,21,22)(H,23,24,25);;/q;2*+1/p-2. The van der Waals surface area contributed by atoms with Gasteiger partial charge in [0.05, 0.1) is 42.2 Å². The van der Waals surface area contributed by atoms with Crippen molar-refractivity contribution in [2.45, 2.75) is 72.8 Å². The molecule has 2 N–H and O–H groups in total. The second-order valence-corrected chi connectivity index (χ2v) is 14.7. The Hall–Kier alpha value is 2.91. The van der Waals surface area contributed by atoms with Gasteiger partial charge in [-0.05, 0) is 44.9 Å². The quantitative estimate of drug-likeness (QED) is 0.217. The number of hydrogen-bond acceptors (Lipinski definition) is 10. The molecule has 31 heavy (non-hydrogen) atoms. The Labute approximate surface area is 269 Å². The molecule has 0 heterocycles. The fourth-order valence-electron chi connectivity index (χ4n) is 3.91. The minimum Gasteiger partial charge on any atom is -0.748 e. The van der Waals surface area contributed by atoms with E-state index in [-0.39, 0.29) is 128 Å². The van der Waals surface area contributed by atoms with Gasteiger partial charge >= 0.3 is 103 Å². The van der Waals surface area contributed by atoms with Crippen molar-refractivity contribution in [3.63, 3.8) is 0 Å². The molecule has 2 rings (SSSR count). The molecule has 2 saturated carbocycles. The third-order valence-corrected chi connectivity index (χ3v) is 10.4. The normalized spacial score (nSPS) is 30.6. The number of rotatable bonds is 7. The summed E-state index contributed by atoms with van der Waals surface area (Å²) in [6.45, 7) is 0. The van der Waals surface area contributed by atoms with Gasteiger partial charge in [0.2, 0.25) is 20.0 Å². The van der Waals surface area contributed by atoms with E-state index in [9.17, 15) is 42.8 Å². The SMILES string of the molecule is CS(=O)(=O)NC1CCC(S(=O)(=O)NC2CC(S(=O)(=O)[O-])CC(S(=O)(=O)[O-])C2)CC1.[K+].[K+]. The van der Waals surface area contributed by atoms with Gasteiger partial charge in [-0.25, -0.2) is 43.1 Å². The van der Waals surface area contributed by atoms with Crippen LogP contribution >= 0.6 is 0 Å².